The predicted molar refractivity (Wildman–Crippen MR) is 101 cm³/mol. The summed E-state index contributed by atoms with van der Waals surface area (Å²) in [6.45, 7) is 2.40. The number of amides is 2. The molecule has 2 amide bonds. The van der Waals surface area contributed by atoms with Gasteiger partial charge >= 0.3 is 11.7 Å². The van der Waals surface area contributed by atoms with Crippen LogP contribution in [-0.2, 0) is 26.1 Å². The zero-order valence-electron chi connectivity index (χ0n) is 14.2. The highest BCUT2D eigenvalue weighted by molar-refractivity contribution is 9.10. The van der Waals surface area contributed by atoms with E-state index in [1.807, 2.05) is 11.4 Å². The van der Waals surface area contributed by atoms with Crippen molar-refractivity contribution >= 4 is 33.3 Å². The molecule has 3 heterocycles. The van der Waals surface area contributed by atoms with Crippen LogP contribution in [-0.4, -0.2) is 38.9 Å². The van der Waals surface area contributed by atoms with Crippen LogP contribution in [0.3, 0.4) is 0 Å². The Morgan fingerprint density at radius 2 is 2.32 bits per heavy atom. The number of nitrogens with one attached hydrogen (secondary N) is 1. The lowest BCUT2D eigenvalue weighted by Crippen LogP contribution is -2.37. The molecule has 0 unspecified atom stereocenters. The zero-order valence-corrected chi connectivity index (χ0v) is 16.6. The number of rotatable bonds is 6. The van der Waals surface area contributed by atoms with E-state index in [1.54, 1.807) is 27.9 Å². The molecule has 0 atom stereocenters. The molecule has 9 heteroatoms. The first-order valence-electron chi connectivity index (χ1n) is 8.43. The summed E-state index contributed by atoms with van der Waals surface area (Å²) >= 11 is 5.03. The Bertz CT molecular complexity index is 797. The van der Waals surface area contributed by atoms with Crippen molar-refractivity contribution in [2.45, 2.75) is 45.3 Å². The van der Waals surface area contributed by atoms with Gasteiger partial charge in [0.1, 0.15) is 5.82 Å². The fraction of sp³-hybridized carbons (Fsp3) is 0.562. The van der Waals surface area contributed by atoms with Gasteiger partial charge in [0, 0.05) is 47.8 Å². The van der Waals surface area contributed by atoms with Gasteiger partial charge in [-0.15, -0.1) is 11.3 Å². The Balaban J connectivity index is 1.43. The Morgan fingerprint density at radius 3 is 3.04 bits per heavy atom. The van der Waals surface area contributed by atoms with Gasteiger partial charge in [0.25, 0.3) is 0 Å². The molecule has 0 aliphatic carbocycles. The Kier molecular flexibility index (Phi) is 5.95. The average Bonchev–Trinajstić information content (AvgIpc) is 3.15. The number of carbonyl (C=O) groups excluding carboxylic acids is 1. The highest BCUT2D eigenvalue weighted by Gasteiger charge is 2.16. The number of urea groups is 1. The second-order valence-electron chi connectivity index (χ2n) is 6.20. The number of fused-ring (bicyclic) bond motifs is 1. The predicted octanol–water partition coefficient (Wildman–Crippen LogP) is 2.44. The van der Waals surface area contributed by atoms with Crippen molar-refractivity contribution in [1.82, 2.24) is 24.6 Å². The summed E-state index contributed by atoms with van der Waals surface area (Å²) in [6.07, 6.45) is 3.70. The molecular formula is C16H22BrN5O2S. The van der Waals surface area contributed by atoms with Gasteiger partial charge in [-0.05, 0) is 41.3 Å². The van der Waals surface area contributed by atoms with Crippen molar-refractivity contribution in [2.24, 2.45) is 0 Å². The van der Waals surface area contributed by atoms with E-state index in [-0.39, 0.29) is 11.7 Å². The Hall–Kier alpha value is -1.61. The van der Waals surface area contributed by atoms with E-state index < -0.39 is 0 Å². The van der Waals surface area contributed by atoms with Crippen LogP contribution in [0.1, 0.15) is 30.0 Å². The standard InChI is InChI=1S/C16H22BrN5O2S/c1-20(10-13-9-12(17)11-25-13)15(23)18-6-4-8-22-16(24)21-7-3-2-5-14(21)19-22/h9,11H,2-8,10H2,1H3,(H,18,23). The monoisotopic (exact) mass is 427 g/mol. The molecule has 25 heavy (non-hydrogen) atoms. The third-order valence-electron chi connectivity index (χ3n) is 4.22. The van der Waals surface area contributed by atoms with Crippen LogP contribution in [0.4, 0.5) is 4.79 Å². The van der Waals surface area contributed by atoms with Gasteiger partial charge in [-0.3, -0.25) is 4.57 Å². The maximum atomic E-state index is 12.2. The molecule has 7 nitrogen and oxygen atoms in total. The van der Waals surface area contributed by atoms with Crippen LogP contribution in [0.15, 0.2) is 20.7 Å². The quantitative estimate of drug-likeness (QED) is 0.719. The first-order valence-corrected chi connectivity index (χ1v) is 10.1. The minimum absolute atomic E-state index is 0.0265. The van der Waals surface area contributed by atoms with Crippen molar-refractivity contribution in [3.05, 3.63) is 37.1 Å². The Labute approximate surface area is 158 Å². The van der Waals surface area contributed by atoms with Gasteiger partial charge in [-0.2, -0.15) is 5.10 Å². The van der Waals surface area contributed by atoms with E-state index in [4.69, 9.17) is 0 Å². The number of carbonyl (C=O) groups is 1. The second-order valence-corrected chi connectivity index (χ2v) is 8.11. The molecule has 3 rings (SSSR count). The third kappa shape index (κ3) is 4.52. The maximum absolute atomic E-state index is 12.2. The fourth-order valence-electron chi connectivity index (χ4n) is 2.90. The molecule has 0 fully saturated rings. The minimum atomic E-state index is -0.110. The molecule has 0 bridgehead atoms. The SMILES string of the molecule is CN(Cc1cc(Br)cs1)C(=O)NCCCn1nc2n(c1=O)CCCC2. The fourth-order valence-corrected chi connectivity index (χ4v) is 4.40. The second kappa shape index (κ2) is 8.18. The molecule has 2 aromatic heterocycles. The topological polar surface area (TPSA) is 72.2 Å². The van der Waals surface area contributed by atoms with E-state index >= 15 is 0 Å². The first kappa shape index (κ1) is 18.2. The Morgan fingerprint density at radius 1 is 1.48 bits per heavy atom. The normalized spacial score (nSPS) is 13.5. The molecular weight excluding hydrogens is 406 g/mol. The van der Waals surface area contributed by atoms with E-state index in [0.717, 1.165) is 41.0 Å². The summed E-state index contributed by atoms with van der Waals surface area (Å²) in [5, 5.41) is 9.30. The largest absolute Gasteiger partial charge is 0.345 e. The van der Waals surface area contributed by atoms with Crippen LogP contribution in [0.25, 0.3) is 0 Å². The van der Waals surface area contributed by atoms with Crippen molar-refractivity contribution < 1.29 is 4.79 Å². The van der Waals surface area contributed by atoms with Crippen LogP contribution in [0, 0.1) is 0 Å². The molecule has 1 aliphatic rings. The van der Waals surface area contributed by atoms with Gasteiger partial charge in [-0.25, -0.2) is 14.3 Å². The molecule has 0 radical (unpaired) electrons. The number of hydrogen-bond acceptors (Lipinski definition) is 4. The lowest BCUT2D eigenvalue weighted by molar-refractivity contribution is 0.207. The van der Waals surface area contributed by atoms with E-state index in [0.29, 0.717) is 26.1 Å². The van der Waals surface area contributed by atoms with E-state index in [1.165, 1.54) is 4.68 Å². The van der Waals surface area contributed by atoms with Gasteiger partial charge in [0.15, 0.2) is 0 Å². The lowest BCUT2D eigenvalue weighted by Gasteiger charge is -2.17. The third-order valence-corrected chi connectivity index (χ3v) is 5.90. The number of nitrogens with zero attached hydrogens (tertiary/aromatic N) is 4. The number of aromatic nitrogens is 3. The lowest BCUT2D eigenvalue weighted by atomic mass is 10.2. The minimum Gasteiger partial charge on any atom is -0.338 e. The summed E-state index contributed by atoms with van der Waals surface area (Å²) < 4.78 is 4.34. The molecule has 0 aromatic carbocycles. The molecule has 0 spiro atoms. The number of thiophene rings is 1. The summed E-state index contributed by atoms with van der Waals surface area (Å²) in [6, 6.07) is 1.91. The summed E-state index contributed by atoms with van der Waals surface area (Å²) in [7, 11) is 1.77. The van der Waals surface area contributed by atoms with Crippen LogP contribution < -0.4 is 11.0 Å². The number of aryl methyl sites for hydroxylation is 2. The van der Waals surface area contributed by atoms with Crippen LogP contribution in [0.2, 0.25) is 0 Å². The summed E-state index contributed by atoms with van der Waals surface area (Å²) in [4.78, 5) is 27.1. The number of halogens is 1. The number of hydrogen-bond donors (Lipinski definition) is 1. The first-order chi connectivity index (χ1) is 12.0. The van der Waals surface area contributed by atoms with Crippen LogP contribution in [0.5, 0.6) is 0 Å². The molecule has 1 N–H and O–H groups in total. The molecule has 136 valence electrons. The van der Waals surface area contributed by atoms with Crippen molar-refractivity contribution in [2.75, 3.05) is 13.6 Å². The molecule has 1 aliphatic heterocycles. The highest BCUT2D eigenvalue weighted by atomic mass is 79.9. The van der Waals surface area contributed by atoms with Gasteiger partial charge < -0.3 is 10.2 Å². The highest BCUT2D eigenvalue weighted by Crippen LogP contribution is 2.20. The summed E-state index contributed by atoms with van der Waals surface area (Å²) in [5.74, 6) is 0.891. The maximum Gasteiger partial charge on any atom is 0.345 e. The van der Waals surface area contributed by atoms with Gasteiger partial charge in [-0.1, -0.05) is 0 Å². The molecule has 2 aromatic rings. The van der Waals surface area contributed by atoms with Crippen molar-refractivity contribution in [3.63, 3.8) is 0 Å². The van der Waals surface area contributed by atoms with Crippen LogP contribution >= 0.6 is 27.3 Å². The van der Waals surface area contributed by atoms with E-state index in [2.05, 4.69) is 26.3 Å². The zero-order chi connectivity index (χ0) is 17.8. The van der Waals surface area contributed by atoms with E-state index in [9.17, 15) is 9.59 Å². The van der Waals surface area contributed by atoms with Gasteiger partial charge in [0.05, 0.1) is 6.54 Å². The smallest absolute Gasteiger partial charge is 0.338 e. The van der Waals surface area contributed by atoms with Gasteiger partial charge in [0.2, 0.25) is 0 Å². The van der Waals surface area contributed by atoms with Crippen molar-refractivity contribution in [1.29, 1.82) is 0 Å². The molecule has 0 saturated heterocycles. The summed E-state index contributed by atoms with van der Waals surface area (Å²) in [5.41, 5.74) is -0.0265. The average molecular weight is 428 g/mol. The van der Waals surface area contributed by atoms with Crippen molar-refractivity contribution in [3.8, 4) is 0 Å². The molecule has 0 saturated carbocycles.